The minimum absolute atomic E-state index is 0.0468. The summed E-state index contributed by atoms with van der Waals surface area (Å²) < 4.78 is 0. The molecule has 0 unspecified atom stereocenters. The molecule has 2 heterocycles. The van der Waals surface area contributed by atoms with E-state index in [9.17, 15) is 9.59 Å². The van der Waals surface area contributed by atoms with Crippen LogP contribution in [0.5, 0.6) is 0 Å². The molecule has 1 fully saturated rings. The molecular formula is C23H27ClN4O2. The minimum atomic E-state index is -0.482. The Bertz CT molecular complexity index is 926. The van der Waals surface area contributed by atoms with E-state index in [2.05, 4.69) is 34.6 Å². The molecule has 0 aliphatic carbocycles. The summed E-state index contributed by atoms with van der Waals surface area (Å²) >= 11 is 6.21. The monoisotopic (exact) mass is 426 g/mol. The van der Waals surface area contributed by atoms with Crippen molar-refractivity contribution in [2.45, 2.75) is 31.8 Å². The van der Waals surface area contributed by atoms with Gasteiger partial charge in [0.15, 0.2) is 0 Å². The van der Waals surface area contributed by atoms with Crippen LogP contribution in [0.1, 0.15) is 35.7 Å². The smallest absolute Gasteiger partial charge is 0.317 e. The highest BCUT2D eigenvalue weighted by atomic mass is 35.5. The maximum Gasteiger partial charge on any atom is 0.317 e. The lowest BCUT2D eigenvalue weighted by atomic mass is 9.90. The lowest BCUT2D eigenvalue weighted by Crippen LogP contribution is -2.68. The first-order valence-electron chi connectivity index (χ1n) is 10.5. The third-order valence-corrected chi connectivity index (χ3v) is 6.32. The average molecular weight is 427 g/mol. The van der Waals surface area contributed by atoms with Gasteiger partial charge in [0.1, 0.15) is 5.66 Å². The topological polar surface area (TPSA) is 64.7 Å². The van der Waals surface area contributed by atoms with Gasteiger partial charge in [-0.3, -0.25) is 4.79 Å². The van der Waals surface area contributed by atoms with Gasteiger partial charge >= 0.3 is 6.03 Å². The Morgan fingerprint density at radius 1 is 1.17 bits per heavy atom. The number of rotatable bonds is 4. The zero-order valence-corrected chi connectivity index (χ0v) is 17.9. The fourth-order valence-electron chi connectivity index (χ4n) is 4.51. The van der Waals surface area contributed by atoms with E-state index >= 15 is 0 Å². The molecule has 158 valence electrons. The standard InChI is InChI=1S/C23H27ClN4O2/c1-2-28-20-16-18(24)8-9-19(20)21(29)26-23(28)11-14-27(15-12-23)22(30)25-13-10-17-6-4-3-5-7-17/h3-9,16H,2,10-15H2,1H3,(H,25,30)(H,26,29). The summed E-state index contributed by atoms with van der Waals surface area (Å²) in [4.78, 5) is 29.4. The van der Waals surface area contributed by atoms with Crippen LogP contribution in [0.4, 0.5) is 10.5 Å². The molecule has 0 radical (unpaired) electrons. The number of nitrogens with zero attached hydrogens (tertiary/aromatic N) is 2. The Hall–Kier alpha value is -2.73. The van der Waals surface area contributed by atoms with Gasteiger partial charge in [-0.2, -0.15) is 0 Å². The summed E-state index contributed by atoms with van der Waals surface area (Å²) in [5, 5.41) is 6.85. The van der Waals surface area contributed by atoms with Gasteiger partial charge in [0.2, 0.25) is 0 Å². The highest BCUT2D eigenvalue weighted by Crippen LogP contribution is 2.38. The number of nitrogens with one attached hydrogen (secondary N) is 2. The fraction of sp³-hybridized carbons (Fsp3) is 0.391. The van der Waals surface area contributed by atoms with Crippen molar-refractivity contribution in [1.82, 2.24) is 15.5 Å². The van der Waals surface area contributed by atoms with Crippen molar-refractivity contribution in [3.8, 4) is 0 Å². The molecule has 2 aliphatic heterocycles. The molecule has 30 heavy (non-hydrogen) atoms. The van der Waals surface area contributed by atoms with Crippen LogP contribution in [0.25, 0.3) is 0 Å². The Kier molecular flexibility index (Phi) is 5.86. The third kappa shape index (κ3) is 3.97. The van der Waals surface area contributed by atoms with Crippen molar-refractivity contribution in [3.63, 3.8) is 0 Å². The van der Waals surface area contributed by atoms with Gasteiger partial charge in [-0.05, 0) is 37.1 Å². The van der Waals surface area contributed by atoms with Crippen LogP contribution in [-0.4, -0.2) is 48.7 Å². The van der Waals surface area contributed by atoms with Gasteiger partial charge in [0, 0.05) is 44.0 Å². The molecule has 2 N–H and O–H groups in total. The molecule has 4 rings (SSSR count). The van der Waals surface area contributed by atoms with E-state index in [-0.39, 0.29) is 11.9 Å². The summed E-state index contributed by atoms with van der Waals surface area (Å²) in [7, 11) is 0. The highest BCUT2D eigenvalue weighted by molar-refractivity contribution is 6.31. The van der Waals surface area contributed by atoms with Gasteiger partial charge in [-0.25, -0.2) is 4.79 Å². The second-order valence-corrected chi connectivity index (χ2v) is 8.28. The molecule has 0 saturated carbocycles. The summed E-state index contributed by atoms with van der Waals surface area (Å²) in [6.07, 6.45) is 2.15. The number of amides is 3. The fourth-order valence-corrected chi connectivity index (χ4v) is 4.68. The van der Waals surface area contributed by atoms with E-state index in [0.717, 1.165) is 18.7 Å². The lowest BCUT2D eigenvalue weighted by Gasteiger charge is -2.52. The SMILES string of the molecule is CCN1c2cc(Cl)ccc2C(=O)NC12CCN(C(=O)NCCc1ccccc1)CC2. The Morgan fingerprint density at radius 2 is 1.90 bits per heavy atom. The number of carbonyl (C=O) groups excluding carboxylic acids is 2. The first-order valence-corrected chi connectivity index (χ1v) is 10.9. The van der Waals surface area contributed by atoms with Crippen LogP contribution >= 0.6 is 11.6 Å². The number of halogens is 1. The van der Waals surface area contributed by atoms with E-state index in [0.29, 0.717) is 43.1 Å². The molecule has 6 nitrogen and oxygen atoms in total. The second-order valence-electron chi connectivity index (χ2n) is 7.85. The largest absolute Gasteiger partial charge is 0.348 e. The zero-order valence-electron chi connectivity index (χ0n) is 17.2. The van der Waals surface area contributed by atoms with Crippen LogP contribution in [-0.2, 0) is 6.42 Å². The number of hydrogen-bond acceptors (Lipinski definition) is 3. The summed E-state index contributed by atoms with van der Waals surface area (Å²) in [5.74, 6) is -0.0767. The summed E-state index contributed by atoms with van der Waals surface area (Å²) in [6, 6.07) is 15.5. The Morgan fingerprint density at radius 3 is 2.60 bits per heavy atom. The van der Waals surface area contributed by atoms with Crippen molar-refractivity contribution >= 4 is 29.2 Å². The van der Waals surface area contributed by atoms with Crippen LogP contribution < -0.4 is 15.5 Å². The van der Waals surface area contributed by atoms with Gasteiger partial charge in [-0.1, -0.05) is 41.9 Å². The summed E-state index contributed by atoms with van der Waals surface area (Å²) in [5.41, 5.74) is 2.24. The minimum Gasteiger partial charge on any atom is -0.348 e. The van der Waals surface area contributed by atoms with Gasteiger partial charge in [0.25, 0.3) is 5.91 Å². The van der Waals surface area contributed by atoms with E-state index in [1.54, 1.807) is 12.1 Å². The van der Waals surface area contributed by atoms with Gasteiger partial charge in [-0.15, -0.1) is 0 Å². The Balaban J connectivity index is 1.39. The molecule has 0 bridgehead atoms. The van der Waals surface area contributed by atoms with Crippen molar-refractivity contribution in [2.75, 3.05) is 31.1 Å². The van der Waals surface area contributed by atoms with E-state index in [4.69, 9.17) is 11.6 Å². The number of hydrogen-bond donors (Lipinski definition) is 2. The van der Waals surface area contributed by atoms with Crippen LogP contribution in [0, 0.1) is 0 Å². The number of fused-ring (bicyclic) bond motifs is 1. The number of anilines is 1. The average Bonchev–Trinajstić information content (AvgIpc) is 2.75. The van der Waals surface area contributed by atoms with Crippen molar-refractivity contribution < 1.29 is 9.59 Å². The first kappa shape index (κ1) is 20.5. The van der Waals surface area contributed by atoms with E-state index in [1.165, 1.54) is 5.56 Å². The van der Waals surface area contributed by atoms with Gasteiger partial charge < -0.3 is 20.4 Å². The van der Waals surface area contributed by atoms with Crippen LogP contribution in [0.2, 0.25) is 5.02 Å². The molecule has 1 spiro atoms. The quantitative estimate of drug-likeness (QED) is 0.784. The first-order chi connectivity index (χ1) is 14.5. The molecule has 2 aromatic rings. The molecule has 2 aliphatic rings. The molecule has 0 aromatic heterocycles. The van der Waals surface area contributed by atoms with Gasteiger partial charge in [0.05, 0.1) is 11.3 Å². The lowest BCUT2D eigenvalue weighted by molar-refractivity contribution is 0.0803. The molecule has 0 atom stereocenters. The predicted octanol–water partition coefficient (Wildman–Crippen LogP) is 3.65. The molecule has 7 heteroatoms. The zero-order chi connectivity index (χ0) is 21.1. The second kappa shape index (κ2) is 8.56. The highest BCUT2D eigenvalue weighted by Gasteiger charge is 2.45. The number of piperidine rings is 1. The molecular weight excluding hydrogens is 400 g/mol. The molecule has 1 saturated heterocycles. The maximum atomic E-state index is 12.7. The van der Waals surface area contributed by atoms with E-state index in [1.807, 2.05) is 29.2 Å². The van der Waals surface area contributed by atoms with Crippen molar-refractivity contribution in [1.29, 1.82) is 0 Å². The van der Waals surface area contributed by atoms with Crippen LogP contribution in [0.15, 0.2) is 48.5 Å². The van der Waals surface area contributed by atoms with Crippen molar-refractivity contribution in [3.05, 3.63) is 64.7 Å². The summed E-state index contributed by atoms with van der Waals surface area (Å²) in [6.45, 7) is 4.60. The number of urea groups is 1. The third-order valence-electron chi connectivity index (χ3n) is 6.08. The number of carbonyl (C=O) groups is 2. The Labute approximate surface area is 182 Å². The number of likely N-dealkylation sites (tertiary alicyclic amines) is 1. The van der Waals surface area contributed by atoms with Crippen molar-refractivity contribution in [2.24, 2.45) is 0 Å². The molecule has 2 aromatic carbocycles. The molecule has 3 amide bonds. The normalized spacial score (nSPS) is 17.5. The van der Waals surface area contributed by atoms with E-state index < -0.39 is 5.66 Å². The number of benzene rings is 2. The van der Waals surface area contributed by atoms with Crippen LogP contribution in [0.3, 0.4) is 0 Å². The predicted molar refractivity (Wildman–Crippen MR) is 119 cm³/mol. The maximum absolute atomic E-state index is 12.7.